The summed E-state index contributed by atoms with van der Waals surface area (Å²) in [5.74, 6) is -2.24. The Morgan fingerprint density at radius 3 is 2.52 bits per heavy atom. The van der Waals surface area contributed by atoms with E-state index in [1.165, 1.54) is 6.07 Å². The molecule has 1 aliphatic heterocycles. The molecule has 0 saturated carbocycles. The molecule has 5 nitrogen and oxygen atoms in total. The van der Waals surface area contributed by atoms with Crippen molar-refractivity contribution in [1.29, 1.82) is 0 Å². The van der Waals surface area contributed by atoms with Crippen LogP contribution in [0, 0.1) is 5.82 Å². The third-order valence-corrected chi connectivity index (χ3v) is 3.05. The number of nitrogens with zero attached hydrogens (tertiary/aromatic N) is 1. The minimum absolute atomic E-state index is 0.0294. The topological polar surface area (TPSA) is 55.8 Å². The van der Waals surface area contributed by atoms with E-state index in [0.29, 0.717) is 6.07 Å². The second-order valence-corrected chi connectivity index (χ2v) is 6.00. The lowest BCUT2D eigenvalue weighted by atomic mass is 9.98. The highest BCUT2D eigenvalue weighted by molar-refractivity contribution is 6.05. The molecule has 2 amide bonds. The van der Waals surface area contributed by atoms with Gasteiger partial charge in [-0.25, -0.2) is 14.1 Å². The first kappa shape index (κ1) is 17.1. The van der Waals surface area contributed by atoms with Crippen molar-refractivity contribution < 1.29 is 32.2 Å². The Morgan fingerprint density at radius 2 is 1.96 bits per heavy atom. The average Bonchev–Trinajstić information content (AvgIpc) is 2.35. The highest BCUT2D eigenvalue weighted by Crippen LogP contribution is 2.28. The van der Waals surface area contributed by atoms with Crippen LogP contribution >= 0.6 is 0 Å². The second-order valence-electron chi connectivity index (χ2n) is 6.00. The number of imide groups is 1. The number of amides is 2. The van der Waals surface area contributed by atoms with Gasteiger partial charge in [0, 0.05) is 12.6 Å². The fourth-order valence-electron chi connectivity index (χ4n) is 2.20. The van der Waals surface area contributed by atoms with Gasteiger partial charge in [0.25, 0.3) is 5.91 Å². The van der Waals surface area contributed by atoms with E-state index in [0.717, 1.165) is 4.90 Å². The molecule has 0 aromatic heterocycles. The average molecular weight is 331 g/mol. The van der Waals surface area contributed by atoms with Gasteiger partial charge >= 0.3 is 12.7 Å². The van der Waals surface area contributed by atoms with Gasteiger partial charge in [0.15, 0.2) is 0 Å². The molecule has 0 bridgehead atoms. The van der Waals surface area contributed by atoms with Crippen molar-refractivity contribution in [3.8, 4) is 5.75 Å². The molecule has 0 radical (unpaired) electrons. The molecular weight excluding hydrogens is 315 g/mol. The Labute approximate surface area is 131 Å². The fourth-order valence-corrected chi connectivity index (χ4v) is 2.20. The summed E-state index contributed by atoms with van der Waals surface area (Å²) >= 11 is 0. The van der Waals surface area contributed by atoms with Gasteiger partial charge < -0.3 is 9.47 Å². The van der Waals surface area contributed by atoms with Crippen molar-refractivity contribution in [3.05, 3.63) is 29.1 Å². The van der Waals surface area contributed by atoms with Gasteiger partial charge in [0.1, 0.15) is 17.2 Å². The van der Waals surface area contributed by atoms with E-state index < -0.39 is 30.0 Å². The van der Waals surface area contributed by atoms with Crippen LogP contribution in [0.5, 0.6) is 5.75 Å². The lowest BCUT2D eigenvalue weighted by Crippen LogP contribution is -2.45. The van der Waals surface area contributed by atoms with Gasteiger partial charge in [-0.3, -0.25) is 4.79 Å². The summed E-state index contributed by atoms with van der Waals surface area (Å²) in [4.78, 5) is 25.1. The number of carbonyl (C=O) groups is 2. The predicted molar refractivity (Wildman–Crippen MR) is 74.0 cm³/mol. The first-order chi connectivity index (χ1) is 10.6. The zero-order chi connectivity index (χ0) is 17.4. The third kappa shape index (κ3) is 3.94. The first-order valence-corrected chi connectivity index (χ1v) is 6.90. The lowest BCUT2D eigenvalue weighted by Gasteiger charge is -2.29. The SMILES string of the molecule is CC(C)(C)OC(=O)N1CCc2cc(OC(F)F)cc(F)c2C1=O. The summed E-state index contributed by atoms with van der Waals surface area (Å²) in [5.41, 5.74) is -0.917. The van der Waals surface area contributed by atoms with Crippen LogP contribution in [0.25, 0.3) is 0 Å². The fraction of sp³-hybridized carbons (Fsp3) is 0.467. The van der Waals surface area contributed by atoms with E-state index in [1.54, 1.807) is 20.8 Å². The maximum absolute atomic E-state index is 14.1. The summed E-state index contributed by atoms with van der Waals surface area (Å²) < 4.78 is 47.7. The van der Waals surface area contributed by atoms with Gasteiger partial charge in [-0.1, -0.05) is 0 Å². The van der Waals surface area contributed by atoms with Crippen LogP contribution in [0.3, 0.4) is 0 Å². The Hall–Kier alpha value is -2.25. The van der Waals surface area contributed by atoms with E-state index in [-0.39, 0.29) is 29.8 Å². The molecule has 1 aromatic carbocycles. The number of halogens is 3. The number of hydrogen-bond donors (Lipinski definition) is 0. The zero-order valence-corrected chi connectivity index (χ0v) is 12.9. The number of alkyl halides is 2. The maximum Gasteiger partial charge on any atom is 0.417 e. The Balaban J connectivity index is 2.28. The molecule has 1 aromatic rings. The molecule has 0 fully saturated rings. The first-order valence-electron chi connectivity index (χ1n) is 6.90. The molecule has 23 heavy (non-hydrogen) atoms. The largest absolute Gasteiger partial charge is 0.443 e. The summed E-state index contributed by atoms with van der Waals surface area (Å²) in [7, 11) is 0. The van der Waals surface area contributed by atoms with Crippen LogP contribution in [-0.2, 0) is 11.2 Å². The molecule has 0 saturated heterocycles. The molecular formula is C15H16F3NO4. The number of benzene rings is 1. The van der Waals surface area contributed by atoms with E-state index in [9.17, 15) is 22.8 Å². The highest BCUT2D eigenvalue weighted by Gasteiger charge is 2.34. The minimum Gasteiger partial charge on any atom is -0.443 e. The molecule has 1 heterocycles. The van der Waals surface area contributed by atoms with E-state index in [1.807, 2.05) is 0 Å². The number of carbonyl (C=O) groups excluding carboxylic acids is 2. The molecule has 8 heteroatoms. The number of hydrogen-bond acceptors (Lipinski definition) is 4. The van der Waals surface area contributed by atoms with E-state index in [2.05, 4.69) is 4.74 Å². The molecule has 0 unspecified atom stereocenters. The highest BCUT2D eigenvalue weighted by atomic mass is 19.3. The minimum atomic E-state index is -3.09. The van der Waals surface area contributed by atoms with Crippen molar-refractivity contribution in [2.24, 2.45) is 0 Å². The van der Waals surface area contributed by atoms with Crippen molar-refractivity contribution >= 4 is 12.0 Å². The summed E-state index contributed by atoms with van der Waals surface area (Å²) in [6.07, 6.45) is -0.752. The second kappa shape index (κ2) is 6.10. The molecule has 0 atom stereocenters. The van der Waals surface area contributed by atoms with Crippen molar-refractivity contribution in [2.45, 2.75) is 39.4 Å². The lowest BCUT2D eigenvalue weighted by molar-refractivity contribution is -0.0500. The number of ether oxygens (including phenoxy) is 2. The number of fused-ring (bicyclic) bond motifs is 1. The summed E-state index contributed by atoms with van der Waals surface area (Å²) in [6.45, 7) is 1.80. The molecule has 0 spiro atoms. The predicted octanol–water partition coefficient (Wildman–Crippen LogP) is 3.36. The Kier molecular flexibility index (Phi) is 4.53. The van der Waals surface area contributed by atoms with Crippen LogP contribution in [0.15, 0.2) is 12.1 Å². The monoisotopic (exact) mass is 331 g/mol. The third-order valence-electron chi connectivity index (χ3n) is 3.05. The maximum atomic E-state index is 14.1. The Bertz CT molecular complexity index is 640. The normalized spacial score (nSPS) is 14.7. The van der Waals surface area contributed by atoms with Crippen molar-refractivity contribution in [2.75, 3.05) is 6.54 Å². The molecule has 1 aliphatic rings. The smallest absolute Gasteiger partial charge is 0.417 e. The van der Waals surface area contributed by atoms with Gasteiger partial charge in [-0.15, -0.1) is 0 Å². The van der Waals surface area contributed by atoms with Crippen LogP contribution in [0.4, 0.5) is 18.0 Å². The molecule has 0 N–H and O–H groups in total. The molecule has 0 aliphatic carbocycles. The van der Waals surface area contributed by atoms with Gasteiger partial charge in [-0.2, -0.15) is 8.78 Å². The van der Waals surface area contributed by atoms with Crippen molar-refractivity contribution in [3.63, 3.8) is 0 Å². The standard InChI is InChI=1S/C15H16F3NO4/c1-15(2,3)23-14(21)19-5-4-8-6-9(22-13(17)18)7-10(16)11(8)12(19)20/h6-7,13H,4-5H2,1-3H3. The Morgan fingerprint density at radius 1 is 1.30 bits per heavy atom. The van der Waals surface area contributed by atoms with E-state index >= 15 is 0 Å². The van der Waals surface area contributed by atoms with Gasteiger partial charge in [0.2, 0.25) is 0 Å². The van der Waals surface area contributed by atoms with Crippen LogP contribution < -0.4 is 4.74 Å². The summed E-state index contributed by atoms with van der Waals surface area (Å²) in [5, 5.41) is 0. The van der Waals surface area contributed by atoms with Crippen LogP contribution in [0.1, 0.15) is 36.7 Å². The van der Waals surface area contributed by atoms with Crippen LogP contribution in [-0.4, -0.2) is 35.7 Å². The molecule has 126 valence electrons. The zero-order valence-electron chi connectivity index (χ0n) is 12.9. The van der Waals surface area contributed by atoms with Gasteiger partial charge in [0.05, 0.1) is 5.56 Å². The van der Waals surface area contributed by atoms with E-state index in [4.69, 9.17) is 4.74 Å². The number of rotatable bonds is 2. The summed E-state index contributed by atoms with van der Waals surface area (Å²) in [6, 6.07) is 1.87. The van der Waals surface area contributed by atoms with Gasteiger partial charge in [-0.05, 0) is 38.8 Å². The van der Waals surface area contributed by atoms with Crippen molar-refractivity contribution in [1.82, 2.24) is 4.90 Å². The quantitative estimate of drug-likeness (QED) is 0.834. The molecule has 2 rings (SSSR count). The van der Waals surface area contributed by atoms with Crippen LogP contribution in [0.2, 0.25) is 0 Å².